The highest BCUT2D eigenvalue weighted by atomic mass is 35.5. The van der Waals surface area contributed by atoms with Crippen LogP contribution >= 0.6 is 23.2 Å². The molecule has 1 unspecified atom stereocenters. The number of aryl methyl sites for hydroxylation is 1. The summed E-state index contributed by atoms with van der Waals surface area (Å²) in [7, 11) is 0. The topological polar surface area (TPSA) is 94.2 Å². The van der Waals surface area contributed by atoms with Gasteiger partial charge in [0.15, 0.2) is 0 Å². The largest absolute Gasteiger partial charge is 0.467 e. The first kappa shape index (κ1) is 19.2. The van der Waals surface area contributed by atoms with Crippen molar-refractivity contribution in [2.75, 3.05) is 0 Å². The number of halogens is 2. The number of furan rings is 1. The van der Waals surface area contributed by atoms with Gasteiger partial charge in [-0.15, -0.1) is 0 Å². The molecule has 1 aliphatic heterocycles. The molecule has 0 saturated heterocycles. The van der Waals surface area contributed by atoms with Crippen LogP contribution in [-0.2, 0) is 6.54 Å². The number of ether oxygens (including phenoxy) is 1. The molecule has 2 aromatic heterocycles. The fourth-order valence-electron chi connectivity index (χ4n) is 3.49. The third-order valence-corrected chi connectivity index (χ3v) is 5.42. The van der Waals surface area contributed by atoms with E-state index in [0.717, 1.165) is 0 Å². The molecule has 1 aromatic carbocycles. The molecule has 3 aromatic rings. The van der Waals surface area contributed by atoms with Crippen LogP contribution in [0.2, 0.25) is 10.0 Å². The molecule has 0 radical (unpaired) electrons. The third-order valence-electron chi connectivity index (χ3n) is 4.86. The highest BCUT2D eigenvalue weighted by Crippen LogP contribution is 2.43. The Bertz CT molecular complexity index is 1240. The van der Waals surface area contributed by atoms with E-state index in [1.165, 1.54) is 0 Å². The minimum absolute atomic E-state index is 0.0569. The molecule has 29 heavy (non-hydrogen) atoms. The zero-order chi connectivity index (χ0) is 20.7. The van der Waals surface area contributed by atoms with Gasteiger partial charge in [0.2, 0.25) is 5.88 Å². The lowest BCUT2D eigenvalue weighted by molar-refractivity contribution is 0.387. The predicted octanol–water partition coefficient (Wildman–Crippen LogP) is 4.32. The summed E-state index contributed by atoms with van der Waals surface area (Å²) >= 11 is 12.4. The Balaban J connectivity index is 1.97. The number of nitrogens with two attached hydrogens (primary N) is 1. The first-order valence-electron chi connectivity index (χ1n) is 8.70. The number of nitriles is 1. The number of benzene rings is 1. The predicted molar refractivity (Wildman–Crippen MR) is 109 cm³/mol. The van der Waals surface area contributed by atoms with E-state index < -0.39 is 5.92 Å². The van der Waals surface area contributed by atoms with Crippen molar-refractivity contribution in [3.63, 3.8) is 0 Å². The van der Waals surface area contributed by atoms with Crippen LogP contribution in [0.15, 0.2) is 63.3 Å². The Morgan fingerprint density at radius 3 is 2.72 bits per heavy atom. The molecule has 2 N–H and O–H groups in total. The monoisotopic (exact) mass is 427 g/mol. The Kier molecular flexibility index (Phi) is 4.87. The molecule has 6 nitrogen and oxygen atoms in total. The highest BCUT2D eigenvalue weighted by molar-refractivity contribution is 6.35. The van der Waals surface area contributed by atoms with Gasteiger partial charge >= 0.3 is 0 Å². The normalized spacial score (nSPS) is 15.6. The van der Waals surface area contributed by atoms with Gasteiger partial charge in [-0.2, -0.15) is 5.26 Å². The minimum atomic E-state index is -0.774. The Hall–Kier alpha value is -3.14. The molecule has 0 amide bonds. The average molecular weight is 428 g/mol. The number of rotatable bonds is 3. The lowest BCUT2D eigenvalue weighted by Gasteiger charge is -2.27. The molecule has 146 valence electrons. The minimum Gasteiger partial charge on any atom is -0.467 e. The molecule has 4 rings (SSSR count). The van der Waals surface area contributed by atoms with E-state index in [1.54, 1.807) is 54.2 Å². The molecule has 0 spiro atoms. The number of aromatic nitrogens is 1. The molecule has 1 aliphatic rings. The number of pyridine rings is 1. The van der Waals surface area contributed by atoms with Crippen molar-refractivity contribution < 1.29 is 9.15 Å². The zero-order valence-electron chi connectivity index (χ0n) is 15.3. The van der Waals surface area contributed by atoms with Crippen LogP contribution in [-0.4, -0.2) is 4.57 Å². The Morgan fingerprint density at radius 1 is 1.28 bits per heavy atom. The van der Waals surface area contributed by atoms with E-state index in [9.17, 15) is 10.1 Å². The van der Waals surface area contributed by atoms with Gasteiger partial charge in [-0.05, 0) is 36.8 Å². The standard InChI is InChI=1S/C21H15Cl2N3O3/c1-11-7-17-19(21(27)26(11)10-13-3-2-6-28-13)18(15(9-24)20(25)29-17)14-5-4-12(22)8-16(14)23/h2-8,18H,10,25H2,1H3. The summed E-state index contributed by atoms with van der Waals surface area (Å²) in [6, 6.07) is 12.2. The van der Waals surface area contributed by atoms with Gasteiger partial charge in [-0.3, -0.25) is 4.79 Å². The maximum absolute atomic E-state index is 13.5. The molecular formula is C21H15Cl2N3O3. The van der Waals surface area contributed by atoms with Crippen LogP contribution in [0.3, 0.4) is 0 Å². The quantitative estimate of drug-likeness (QED) is 0.671. The lowest BCUT2D eigenvalue weighted by atomic mass is 9.84. The summed E-state index contributed by atoms with van der Waals surface area (Å²) < 4.78 is 12.6. The summed E-state index contributed by atoms with van der Waals surface area (Å²) in [4.78, 5) is 13.5. The van der Waals surface area contributed by atoms with E-state index in [4.69, 9.17) is 38.1 Å². The van der Waals surface area contributed by atoms with Crippen LogP contribution in [0.5, 0.6) is 5.75 Å². The van der Waals surface area contributed by atoms with Gasteiger partial charge in [0.25, 0.3) is 5.56 Å². The molecule has 0 bridgehead atoms. The molecule has 0 aliphatic carbocycles. The first-order chi connectivity index (χ1) is 13.9. The van der Waals surface area contributed by atoms with E-state index in [0.29, 0.717) is 32.8 Å². The van der Waals surface area contributed by atoms with Crippen LogP contribution in [0.25, 0.3) is 0 Å². The van der Waals surface area contributed by atoms with Crippen LogP contribution in [0.4, 0.5) is 0 Å². The van der Waals surface area contributed by atoms with Crippen LogP contribution < -0.4 is 16.0 Å². The molecule has 0 fully saturated rings. The van der Waals surface area contributed by atoms with Crippen molar-refractivity contribution in [3.8, 4) is 11.8 Å². The molecule has 1 atom stereocenters. The maximum Gasteiger partial charge on any atom is 0.259 e. The van der Waals surface area contributed by atoms with Crippen molar-refractivity contribution in [1.82, 2.24) is 4.57 Å². The van der Waals surface area contributed by atoms with E-state index in [1.807, 2.05) is 0 Å². The number of hydrogen-bond acceptors (Lipinski definition) is 5. The van der Waals surface area contributed by atoms with Crippen molar-refractivity contribution >= 4 is 23.2 Å². The zero-order valence-corrected chi connectivity index (χ0v) is 16.8. The second kappa shape index (κ2) is 7.36. The molecule has 0 saturated carbocycles. The summed E-state index contributed by atoms with van der Waals surface area (Å²) in [5.74, 6) is 0.0993. The summed E-state index contributed by atoms with van der Waals surface area (Å²) in [5, 5.41) is 10.5. The van der Waals surface area contributed by atoms with Crippen molar-refractivity contribution in [3.05, 3.63) is 97.1 Å². The SMILES string of the molecule is Cc1cc2c(c(=O)n1Cc1ccco1)C(c1ccc(Cl)cc1Cl)C(C#N)=C(N)O2. The second-order valence-electron chi connectivity index (χ2n) is 6.62. The van der Waals surface area contributed by atoms with Gasteiger partial charge in [-0.25, -0.2) is 0 Å². The number of nitrogens with zero attached hydrogens (tertiary/aromatic N) is 2. The lowest BCUT2D eigenvalue weighted by Crippen LogP contribution is -2.33. The van der Waals surface area contributed by atoms with Gasteiger partial charge in [-0.1, -0.05) is 29.3 Å². The maximum atomic E-state index is 13.5. The fourth-order valence-corrected chi connectivity index (χ4v) is 4.01. The van der Waals surface area contributed by atoms with E-state index in [2.05, 4.69) is 6.07 Å². The van der Waals surface area contributed by atoms with Gasteiger partial charge in [0.05, 0.1) is 24.3 Å². The van der Waals surface area contributed by atoms with E-state index >= 15 is 0 Å². The van der Waals surface area contributed by atoms with Crippen molar-refractivity contribution in [2.45, 2.75) is 19.4 Å². The molecular weight excluding hydrogens is 413 g/mol. The van der Waals surface area contributed by atoms with E-state index in [-0.39, 0.29) is 29.1 Å². The smallest absolute Gasteiger partial charge is 0.259 e. The molecule has 3 heterocycles. The summed E-state index contributed by atoms with van der Waals surface area (Å²) in [6.45, 7) is 2.03. The van der Waals surface area contributed by atoms with Gasteiger partial charge < -0.3 is 19.5 Å². The summed E-state index contributed by atoms with van der Waals surface area (Å²) in [5.41, 5.74) is 7.31. The highest BCUT2D eigenvalue weighted by Gasteiger charge is 2.35. The second-order valence-corrected chi connectivity index (χ2v) is 7.47. The number of hydrogen-bond donors (Lipinski definition) is 1. The van der Waals surface area contributed by atoms with Crippen LogP contribution in [0.1, 0.15) is 28.5 Å². The summed E-state index contributed by atoms with van der Waals surface area (Å²) in [6.07, 6.45) is 1.55. The first-order valence-corrected chi connectivity index (χ1v) is 9.45. The Morgan fingerprint density at radius 2 is 2.07 bits per heavy atom. The van der Waals surface area contributed by atoms with Crippen molar-refractivity contribution in [1.29, 1.82) is 5.26 Å². The average Bonchev–Trinajstić information content (AvgIpc) is 3.17. The number of fused-ring (bicyclic) bond motifs is 1. The fraction of sp³-hybridized carbons (Fsp3) is 0.143. The van der Waals surface area contributed by atoms with Gasteiger partial charge in [0.1, 0.15) is 23.2 Å². The third kappa shape index (κ3) is 3.29. The van der Waals surface area contributed by atoms with Crippen molar-refractivity contribution in [2.24, 2.45) is 5.73 Å². The molecule has 8 heteroatoms. The Labute approximate surface area is 176 Å². The number of allylic oxidation sites excluding steroid dienone is 1. The van der Waals surface area contributed by atoms with Gasteiger partial charge in [0, 0.05) is 21.8 Å². The van der Waals surface area contributed by atoms with Crippen LogP contribution in [0, 0.1) is 18.3 Å².